The van der Waals surface area contributed by atoms with E-state index in [-0.39, 0.29) is 5.91 Å². The maximum atomic E-state index is 12.1. The van der Waals surface area contributed by atoms with E-state index in [0.717, 1.165) is 30.2 Å². The molecule has 2 heterocycles. The van der Waals surface area contributed by atoms with Crippen LogP contribution in [-0.2, 0) is 11.2 Å². The van der Waals surface area contributed by atoms with Crippen molar-refractivity contribution in [2.24, 2.45) is 0 Å². The van der Waals surface area contributed by atoms with Gasteiger partial charge in [-0.25, -0.2) is 0 Å². The van der Waals surface area contributed by atoms with E-state index in [1.165, 1.54) is 42.3 Å². The Balaban J connectivity index is 1.39. The Bertz CT molecular complexity index is 688. The summed E-state index contributed by atoms with van der Waals surface area (Å²) in [5.41, 5.74) is 0. The van der Waals surface area contributed by atoms with Crippen LogP contribution in [0.5, 0.6) is 0 Å². The van der Waals surface area contributed by atoms with Crippen LogP contribution in [-0.4, -0.2) is 32.5 Å². The molecule has 7 heteroatoms. The van der Waals surface area contributed by atoms with Gasteiger partial charge < -0.3 is 9.88 Å². The smallest absolute Gasteiger partial charge is 0.230 e. The number of thiophene rings is 1. The third-order valence-electron chi connectivity index (χ3n) is 4.61. The van der Waals surface area contributed by atoms with Crippen molar-refractivity contribution < 1.29 is 4.79 Å². The van der Waals surface area contributed by atoms with Gasteiger partial charge in [-0.15, -0.1) is 21.5 Å². The number of rotatable bonds is 7. The molecule has 0 aromatic carbocycles. The largest absolute Gasteiger partial charge is 0.353 e. The maximum absolute atomic E-state index is 12.1. The fourth-order valence-corrected chi connectivity index (χ4v) is 4.80. The van der Waals surface area contributed by atoms with Crippen molar-refractivity contribution in [2.45, 2.75) is 62.2 Å². The van der Waals surface area contributed by atoms with Crippen LogP contribution in [0.2, 0.25) is 0 Å². The number of hydrogen-bond donors (Lipinski definition) is 1. The molecule has 0 spiro atoms. The van der Waals surface area contributed by atoms with Gasteiger partial charge in [0.05, 0.1) is 5.75 Å². The van der Waals surface area contributed by atoms with E-state index in [1.807, 2.05) is 0 Å². The first kappa shape index (κ1) is 16.1. The molecule has 5 nitrogen and oxygen atoms in total. The van der Waals surface area contributed by atoms with Crippen LogP contribution in [0.15, 0.2) is 22.7 Å². The van der Waals surface area contributed by atoms with Crippen molar-refractivity contribution in [1.29, 1.82) is 0 Å². The van der Waals surface area contributed by atoms with E-state index in [0.29, 0.717) is 17.8 Å². The van der Waals surface area contributed by atoms with Crippen LogP contribution >= 0.6 is 23.1 Å². The molecule has 2 fully saturated rings. The average Bonchev–Trinajstić information content (AvgIpc) is 2.98. The third kappa shape index (κ3) is 3.83. The van der Waals surface area contributed by atoms with Crippen molar-refractivity contribution in [2.75, 3.05) is 5.75 Å². The lowest BCUT2D eigenvalue weighted by Gasteiger charge is -2.12. The minimum absolute atomic E-state index is 0.122. The van der Waals surface area contributed by atoms with Crippen LogP contribution < -0.4 is 5.32 Å². The Morgan fingerprint density at radius 2 is 2.12 bits per heavy atom. The molecule has 1 N–H and O–H groups in total. The zero-order valence-electron chi connectivity index (χ0n) is 13.6. The Morgan fingerprint density at radius 3 is 2.83 bits per heavy atom. The molecule has 128 valence electrons. The molecule has 2 saturated carbocycles. The summed E-state index contributed by atoms with van der Waals surface area (Å²) in [6.07, 6.45) is 7.93. The molecule has 0 bridgehead atoms. The number of amides is 1. The standard InChI is InChI=1S/C17H22N4OS2/c22-16(18-12-4-1-2-5-12)11-24-17-20-19-15(21(17)13-7-8-13)10-14-6-3-9-23-14/h3,6,9,12-13H,1-2,4-5,7-8,10-11H2,(H,18,22). The second-order valence-corrected chi connectivity index (χ2v) is 8.57. The first-order valence-corrected chi connectivity index (χ1v) is 10.5. The topological polar surface area (TPSA) is 59.8 Å². The van der Waals surface area contributed by atoms with Gasteiger partial charge in [-0.05, 0) is 37.1 Å². The van der Waals surface area contributed by atoms with Crippen LogP contribution in [0.1, 0.15) is 55.3 Å². The Hall–Kier alpha value is -1.34. The molecule has 0 saturated heterocycles. The second kappa shape index (κ2) is 7.27. The van der Waals surface area contributed by atoms with Gasteiger partial charge in [0.2, 0.25) is 5.91 Å². The second-order valence-electron chi connectivity index (χ2n) is 6.59. The van der Waals surface area contributed by atoms with Gasteiger partial charge in [-0.2, -0.15) is 0 Å². The minimum atomic E-state index is 0.122. The first-order valence-electron chi connectivity index (χ1n) is 8.68. The predicted octanol–water partition coefficient (Wildman–Crippen LogP) is 3.42. The van der Waals surface area contributed by atoms with E-state index in [9.17, 15) is 4.79 Å². The quantitative estimate of drug-likeness (QED) is 0.767. The Morgan fingerprint density at radius 1 is 1.29 bits per heavy atom. The normalized spacial score (nSPS) is 18.2. The molecule has 0 unspecified atom stereocenters. The first-order chi connectivity index (χ1) is 11.8. The zero-order chi connectivity index (χ0) is 16.4. The van der Waals surface area contributed by atoms with Crippen molar-refractivity contribution in [3.05, 3.63) is 28.2 Å². The molecule has 2 aromatic rings. The van der Waals surface area contributed by atoms with Crippen molar-refractivity contribution in [3.63, 3.8) is 0 Å². The van der Waals surface area contributed by atoms with Crippen molar-refractivity contribution in [3.8, 4) is 0 Å². The van der Waals surface area contributed by atoms with Gasteiger partial charge in [0, 0.05) is 23.4 Å². The highest BCUT2D eigenvalue weighted by atomic mass is 32.2. The lowest BCUT2D eigenvalue weighted by Crippen LogP contribution is -2.33. The van der Waals surface area contributed by atoms with E-state index in [4.69, 9.17) is 0 Å². The van der Waals surface area contributed by atoms with E-state index < -0.39 is 0 Å². The van der Waals surface area contributed by atoms with E-state index in [2.05, 4.69) is 37.6 Å². The lowest BCUT2D eigenvalue weighted by molar-refractivity contribution is -0.119. The van der Waals surface area contributed by atoms with Gasteiger partial charge >= 0.3 is 0 Å². The maximum Gasteiger partial charge on any atom is 0.230 e. The Labute approximate surface area is 150 Å². The zero-order valence-corrected chi connectivity index (χ0v) is 15.2. The highest BCUT2D eigenvalue weighted by Crippen LogP contribution is 2.39. The highest BCUT2D eigenvalue weighted by Gasteiger charge is 2.30. The molecule has 2 aliphatic rings. The SMILES string of the molecule is O=C(CSc1nnc(Cc2cccs2)n1C1CC1)NC1CCCC1. The fourth-order valence-electron chi connectivity index (χ4n) is 3.26. The fraction of sp³-hybridized carbons (Fsp3) is 0.588. The number of nitrogens with zero attached hydrogens (tertiary/aromatic N) is 3. The van der Waals surface area contributed by atoms with Crippen LogP contribution in [0.4, 0.5) is 0 Å². The number of nitrogens with one attached hydrogen (secondary N) is 1. The summed E-state index contributed by atoms with van der Waals surface area (Å²) >= 11 is 3.27. The van der Waals surface area contributed by atoms with Crippen LogP contribution in [0.25, 0.3) is 0 Å². The molecule has 2 aliphatic carbocycles. The van der Waals surface area contributed by atoms with Crippen molar-refractivity contribution >= 4 is 29.0 Å². The number of thioether (sulfide) groups is 1. The number of carbonyl (C=O) groups is 1. The summed E-state index contributed by atoms with van der Waals surface area (Å²) < 4.78 is 2.26. The molecule has 0 radical (unpaired) electrons. The van der Waals surface area contributed by atoms with Gasteiger partial charge in [0.25, 0.3) is 0 Å². The third-order valence-corrected chi connectivity index (χ3v) is 6.43. The number of carbonyl (C=O) groups excluding carboxylic acids is 1. The summed E-state index contributed by atoms with van der Waals surface area (Å²) in [5, 5.41) is 14.9. The molecular weight excluding hydrogens is 340 g/mol. The van der Waals surface area contributed by atoms with Gasteiger partial charge in [0.1, 0.15) is 5.82 Å². The summed E-state index contributed by atoms with van der Waals surface area (Å²) in [5.74, 6) is 1.58. The van der Waals surface area contributed by atoms with Gasteiger partial charge in [0.15, 0.2) is 5.16 Å². The van der Waals surface area contributed by atoms with Gasteiger partial charge in [-0.3, -0.25) is 4.79 Å². The average molecular weight is 363 g/mol. The number of hydrogen-bond acceptors (Lipinski definition) is 5. The molecular formula is C17H22N4OS2. The monoisotopic (exact) mass is 362 g/mol. The summed E-state index contributed by atoms with van der Waals surface area (Å²) in [6.45, 7) is 0. The van der Waals surface area contributed by atoms with Gasteiger partial charge in [-0.1, -0.05) is 30.7 Å². The molecule has 0 aliphatic heterocycles. The molecule has 1 amide bonds. The van der Waals surface area contributed by atoms with Crippen LogP contribution in [0, 0.1) is 0 Å². The van der Waals surface area contributed by atoms with E-state index in [1.54, 1.807) is 11.3 Å². The molecule has 24 heavy (non-hydrogen) atoms. The van der Waals surface area contributed by atoms with E-state index >= 15 is 0 Å². The predicted molar refractivity (Wildman–Crippen MR) is 96.5 cm³/mol. The molecule has 2 aromatic heterocycles. The lowest BCUT2D eigenvalue weighted by atomic mass is 10.2. The number of aromatic nitrogens is 3. The molecule has 0 atom stereocenters. The molecule has 4 rings (SSSR count). The summed E-state index contributed by atoms with van der Waals surface area (Å²) in [7, 11) is 0. The van der Waals surface area contributed by atoms with Crippen LogP contribution in [0.3, 0.4) is 0 Å². The summed E-state index contributed by atoms with van der Waals surface area (Å²) in [4.78, 5) is 13.4. The van der Waals surface area contributed by atoms with Crippen molar-refractivity contribution in [1.82, 2.24) is 20.1 Å². The Kier molecular flexibility index (Phi) is 4.89. The summed E-state index contributed by atoms with van der Waals surface area (Å²) in [6, 6.07) is 5.11. The minimum Gasteiger partial charge on any atom is -0.353 e. The highest BCUT2D eigenvalue weighted by molar-refractivity contribution is 7.99.